The second-order valence-electron chi connectivity index (χ2n) is 3.52. The Balaban J connectivity index is 1.93. The second-order valence-corrected chi connectivity index (χ2v) is 3.52. The smallest absolute Gasteiger partial charge is 0.117 e. The van der Waals surface area contributed by atoms with Crippen LogP contribution in [-0.2, 0) is 6.54 Å². The van der Waals surface area contributed by atoms with Gasteiger partial charge in [-0.05, 0) is 38.6 Å². The fourth-order valence-corrected chi connectivity index (χ4v) is 1.33. The second kappa shape index (κ2) is 7.45. The van der Waals surface area contributed by atoms with E-state index < -0.39 is 0 Å². The molecule has 1 heterocycles. The fourth-order valence-electron chi connectivity index (χ4n) is 1.33. The molecule has 0 bridgehead atoms. The molecule has 1 aromatic rings. The van der Waals surface area contributed by atoms with Crippen molar-refractivity contribution >= 4 is 0 Å². The SMILES string of the molecule is Cc1ccc(CNCCCNCCO)o1. The summed E-state index contributed by atoms with van der Waals surface area (Å²) >= 11 is 0. The van der Waals surface area contributed by atoms with Gasteiger partial charge in [0, 0.05) is 6.54 Å². The van der Waals surface area contributed by atoms with Crippen LogP contribution in [0.5, 0.6) is 0 Å². The van der Waals surface area contributed by atoms with Crippen LogP contribution in [0, 0.1) is 6.92 Å². The van der Waals surface area contributed by atoms with E-state index in [1.54, 1.807) is 0 Å². The molecule has 0 aliphatic carbocycles. The van der Waals surface area contributed by atoms with Crippen molar-refractivity contribution in [1.82, 2.24) is 10.6 Å². The minimum Gasteiger partial charge on any atom is -0.465 e. The Morgan fingerprint density at radius 3 is 2.67 bits per heavy atom. The lowest BCUT2D eigenvalue weighted by Gasteiger charge is -2.03. The average molecular weight is 212 g/mol. The number of rotatable bonds is 8. The lowest BCUT2D eigenvalue weighted by atomic mass is 10.4. The molecule has 86 valence electrons. The van der Waals surface area contributed by atoms with Crippen LogP contribution in [0.4, 0.5) is 0 Å². The predicted octanol–water partition coefficient (Wildman–Crippen LogP) is 0.650. The van der Waals surface area contributed by atoms with Crippen molar-refractivity contribution in [2.45, 2.75) is 19.9 Å². The van der Waals surface area contributed by atoms with Gasteiger partial charge in [-0.3, -0.25) is 0 Å². The number of furan rings is 1. The van der Waals surface area contributed by atoms with Crippen molar-refractivity contribution in [3.05, 3.63) is 23.7 Å². The maximum atomic E-state index is 8.53. The summed E-state index contributed by atoms with van der Waals surface area (Å²) in [5.41, 5.74) is 0. The summed E-state index contributed by atoms with van der Waals surface area (Å²) in [5, 5.41) is 14.9. The van der Waals surface area contributed by atoms with Gasteiger partial charge in [0.2, 0.25) is 0 Å². The van der Waals surface area contributed by atoms with Gasteiger partial charge < -0.3 is 20.2 Å². The molecule has 0 amide bonds. The van der Waals surface area contributed by atoms with E-state index in [0.29, 0.717) is 6.54 Å². The molecule has 0 aliphatic heterocycles. The Morgan fingerprint density at radius 1 is 1.20 bits per heavy atom. The highest BCUT2D eigenvalue weighted by atomic mass is 16.3. The zero-order valence-corrected chi connectivity index (χ0v) is 9.25. The number of aliphatic hydroxyl groups excluding tert-OH is 1. The topological polar surface area (TPSA) is 57.4 Å². The first-order valence-corrected chi connectivity index (χ1v) is 5.40. The van der Waals surface area contributed by atoms with Gasteiger partial charge >= 0.3 is 0 Å². The quantitative estimate of drug-likeness (QED) is 0.554. The highest BCUT2D eigenvalue weighted by Crippen LogP contribution is 2.04. The van der Waals surface area contributed by atoms with Crippen LogP contribution < -0.4 is 10.6 Å². The molecular weight excluding hydrogens is 192 g/mol. The molecule has 0 unspecified atom stereocenters. The summed E-state index contributed by atoms with van der Waals surface area (Å²) in [6.45, 7) is 5.51. The van der Waals surface area contributed by atoms with E-state index in [9.17, 15) is 0 Å². The van der Waals surface area contributed by atoms with Gasteiger partial charge in [0.1, 0.15) is 11.5 Å². The van der Waals surface area contributed by atoms with Crippen LogP contribution in [0.3, 0.4) is 0 Å². The lowest BCUT2D eigenvalue weighted by Crippen LogP contribution is -2.23. The Labute approximate surface area is 90.7 Å². The van der Waals surface area contributed by atoms with Gasteiger partial charge in [0.15, 0.2) is 0 Å². The summed E-state index contributed by atoms with van der Waals surface area (Å²) in [6.07, 6.45) is 1.06. The van der Waals surface area contributed by atoms with Gasteiger partial charge in [-0.1, -0.05) is 0 Å². The number of hydrogen-bond donors (Lipinski definition) is 3. The molecule has 0 saturated carbocycles. The number of aryl methyl sites for hydroxylation is 1. The van der Waals surface area contributed by atoms with Crippen LogP contribution >= 0.6 is 0 Å². The van der Waals surface area contributed by atoms with Crippen LogP contribution in [0.1, 0.15) is 17.9 Å². The fraction of sp³-hybridized carbons (Fsp3) is 0.636. The molecule has 0 radical (unpaired) electrons. The van der Waals surface area contributed by atoms with Gasteiger partial charge in [-0.15, -0.1) is 0 Å². The summed E-state index contributed by atoms with van der Waals surface area (Å²) < 4.78 is 5.42. The van der Waals surface area contributed by atoms with E-state index in [4.69, 9.17) is 9.52 Å². The molecule has 0 atom stereocenters. The molecule has 4 heteroatoms. The van der Waals surface area contributed by atoms with Gasteiger partial charge in [-0.2, -0.15) is 0 Å². The van der Waals surface area contributed by atoms with Gasteiger partial charge in [-0.25, -0.2) is 0 Å². The van der Waals surface area contributed by atoms with Crippen LogP contribution in [-0.4, -0.2) is 31.3 Å². The first-order chi connectivity index (χ1) is 7.33. The first-order valence-electron chi connectivity index (χ1n) is 5.40. The normalized spacial score (nSPS) is 10.8. The zero-order valence-electron chi connectivity index (χ0n) is 9.25. The predicted molar refractivity (Wildman–Crippen MR) is 59.7 cm³/mol. The largest absolute Gasteiger partial charge is 0.465 e. The first kappa shape index (κ1) is 12.2. The molecule has 15 heavy (non-hydrogen) atoms. The number of aliphatic hydroxyl groups is 1. The van der Waals surface area contributed by atoms with E-state index in [-0.39, 0.29) is 6.61 Å². The van der Waals surface area contributed by atoms with Gasteiger partial charge in [0.05, 0.1) is 13.2 Å². The van der Waals surface area contributed by atoms with Crippen molar-refractivity contribution in [3.8, 4) is 0 Å². The highest BCUT2D eigenvalue weighted by molar-refractivity contribution is 5.04. The molecule has 4 nitrogen and oxygen atoms in total. The molecule has 0 fully saturated rings. The van der Waals surface area contributed by atoms with Gasteiger partial charge in [0.25, 0.3) is 0 Å². The van der Waals surface area contributed by atoms with Crippen LogP contribution in [0.15, 0.2) is 16.5 Å². The molecular formula is C11H20N2O2. The standard InChI is InChI=1S/C11H20N2O2/c1-10-3-4-11(15-10)9-13-6-2-5-12-7-8-14/h3-4,12-14H,2,5-9H2,1H3. The lowest BCUT2D eigenvalue weighted by molar-refractivity contribution is 0.292. The molecule has 0 aromatic carbocycles. The Morgan fingerprint density at radius 2 is 2.00 bits per heavy atom. The maximum Gasteiger partial charge on any atom is 0.117 e. The van der Waals surface area contributed by atoms with E-state index in [2.05, 4.69) is 10.6 Å². The Kier molecular flexibility index (Phi) is 6.08. The average Bonchev–Trinajstić information content (AvgIpc) is 2.63. The monoisotopic (exact) mass is 212 g/mol. The molecule has 0 spiro atoms. The molecule has 1 aromatic heterocycles. The number of hydrogen-bond acceptors (Lipinski definition) is 4. The third kappa shape index (κ3) is 5.57. The van der Waals surface area contributed by atoms with Crippen molar-refractivity contribution in [2.24, 2.45) is 0 Å². The zero-order chi connectivity index (χ0) is 10.9. The van der Waals surface area contributed by atoms with Crippen molar-refractivity contribution < 1.29 is 9.52 Å². The third-order valence-electron chi connectivity index (χ3n) is 2.09. The van der Waals surface area contributed by atoms with Crippen molar-refractivity contribution in [1.29, 1.82) is 0 Å². The molecule has 1 rings (SSSR count). The van der Waals surface area contributed by atoms with Crippen LogP contribution in [0.25, 0.3) is 0 Å². The third-order valence-corrected chi connectivity index (χ3v) is 2.09. The van der Waals surface area contributed by atoms with Crippen molar-refractivity contribution in [2.75, 3.05) is 26.2 Å². The maximum absolute atomic E-state index is 8.53. The minimum absolute atomic E-state index is 0.207. The van der Waals surface area contributed by atoms with Crippen molar-refractivity contribution in [3.63, 3.8) is 0 Å². The molecule has 0 aliphatic rings. The van der Waals surface area contributed by atoms with E-state index in [1.165, 1.54) is 0 Å². The summed E-state index contributed by atoms with van der Waals surface area (Å²) in [6, 6.07) is 3.96. The van der Waals surface area contributed by atoms with Crippen LogP contribution in [0.2, 0.25) is 0 Å². The minimum atomic E-state index is 0.207. The van der Waals surface area contributed by atoms with E-state index >= 15 is 0 Å². The summed E-state index contributed by atoms with van der Waals surface area (Å²) in [7, 11) is 0. The van der Waals surface area contributed by atoms with E-state index in [0.717, 1.165) is 37.6 Å². The molecule has 3 N–H and O–H groups in total. The summed E-state index contributed by atoms with van der Waals surface area (Å²) in [5.74, 6) is 1.94. The van der Waals surface area contributed by atoms with E-state index in [1.807, 2.05) is 19.1 Å². The molecule has 0 saturated heterocycles. The Bertz CT molecular complexity index is 261. The Hall–Kier alpha value is -0.840. The summed E-state index contributed by atoms with van der Waals surface area (Å²) in [4.78, 5) is 0. The highest BCUT2D eigenvalue weighted by Gasteiger charge is 1.96. The number of nitrogens with one attached hydrogen (secondary N) is 2.